The van der Waals surface area contributed by atoms with E-state index in [9.17, 15) is 9.59 Å². The minimum absolute atomic E-state index is 0.0218. The average molecular weight is 393 g/mol. The van der Waals surface area contributed by atoms with Crippen LogP contribution in [0.3, 0.4) is 0 Å². The highest BCUT2D eigenvalue weighted by Gasteiger charge is 2.22. The number of fused-ring (bicyclic) bond motifs is 1. The molecule has 6 nitrogen and oxygen atoms in total. The third-order valence-electron chi connectivity index (χ3n) is 4.40. The Morgan fingerprint density at radius 3 is 2.79 bits per heavy atom. The molecule has 1 aliphatic rings. The molecule has 1 N–H and O–H groups in total. The summed E-state index contributed by atoms with van der Waals surface area (Å²) in [7, 11) is 0. The number of ether oxygens (including phenoxy) is 1. The van der Waals surface area contributed by atoms with Gasteiger partial charge in [0.2, 0.25) is 5.91 Å². The Labute approximate surface area is 166 Å². The Morgan fingerprint density at radius 1 is 1.21 bits per heavy atom. The molecule has 4 rings (SSSR count). The van der Waals surface area contributed by atoms with Crippen molar-refractivity contribution in [3.8, 4) is 5.75 Å². The Bertz CT molecular complexity index is 1020. The van der Waals surface area contributed by atoms with Crippen LogP contribution in [-0.4, -0.2) is 23.4 Å². The van der Waals surface area contributed by atoms with Crippen LogP contribution >= 0.6 is 11.3 Å². The van der Waals surface area contributed by atoms with Crippen LogP contribution in [0.15, 0.2) is 53.9 Å². The lowest BCUT2D eigenvalue weighted by atomic mass is 10.0. The van der Waals surface area contributed by atoms with Gasteiger partial charge >= 0.3 is 0 Å². The molecule has 1 aliphatic heterocycles. The Hall–Kier alpha value is -3.19. The largest absolute Gasteiger partial charge is 0.484 e. The summed E-state index contributed by atoms with van der Waals surface area (Å²) in [6, 6.07) is 14.9. The lowest BCUT2D eigenvalue weighted by Gasteiger charge is -2.21. The summed E-state index contributed by atoms with van der Waals surface area (Å²) in [6.07, 6.45) is 1.13. The van der Waals surface area contributed by atoms with E-state index in [4.69, 9.17) is 4.74 Å². The van der Waals surface area contributed by atoms with Crippen molar-refractivity contribution in [1.29, 1.82) is 0 Å². The molecule has 0 saturated carbocycles. The van der Waals surface area contributed by atoms with Crippen LogP contribution in [0.1, 0.15) is 17.7 Å². The minimum atomic E-state index is -0.202. The monoisotopic (exact) mass is 393 g/mol. The Balaban J connectivity index is 1.51. The third kappa shape index (κ3) is 3.89. The second-order valence-electron chi connectivity index (χ2n) is 6.49. The van der Waals surface area contributed by atoms with Gasteiger partial charge in [-0.25, -0.2) is 4.98 Å². The van der Waals surface area contributed by atoms with Crippen LogP contribution in [0.4, 0.5) is 16.5 Å². The van der Waals surface area contributed by atoms with E-state index in [1.807, 2.05) is 54.8 Å². The summed E-state index contributed by atoms with van der Waals surface area (Å²) in [4.78, 5) is 30.5. The van der Waals surface area contributed by atoms with E-state index in [0.29, 0.717) is 23.7 Å². The van der Waals surface area contributed by atoms with Crippen LogP contribution in [0.25, 0.3) is 0 Å². The SMILES string of the molecule is Cc1csc(N(C(=O)COc2ccc3c(c2)CCC(=O)N3)c2ccccc2)n1. The third-order valence-corrected chi connectivity index (χ3v) is 5.34. The zero-order valence-corrected chi connectivity index (χ0v) is 16.2. The Morgan fingerprint density at radius 2 is 2.04 bits per heavy atom. The quantitative estimate of drug-likeness (QED) is 0.709. The predicted molar refractivity (Wildman–Crippen MR) is 109 cm³/mol. The van der Waals surface area contributed by atoms with Crippen molar-refractivity contribution in [2.24, 2.45) is 0 Å². The van der Waals surface area contributed by atoms with E-state index in [2.05, 4.69) is 10.3 Å². The molecule has 0 bridgehead atoms. The molecule has 7 heteroatoms. The molecular weight excluding hydrogens is 374 g/mol. The normalized spacial score (nSPS) is 12.8. The van der Waals surface area contributed by atoms with Crippen molar-refractivity contribution < 1.29 is 14.3 Å². The maximum Gasteiger partial charge on any atom is 0.271 e. The number of benzene rings is 2. The molecule has 0 atom stereocenters. The summed E-state index contributed by atoms with van der Waals surface area (Å²) in [5.74, 6) is 0.423. The number of hydrogen-bond donors (Lipinski definition) is 1. The van der Waals surface area contributed by atoms with Gasteiger partial charge in [0.1, 0.15) is 5.75 Å². The first kappa shape index (κ1) is 18.2. The number of anilines is 3. The fraction of sp³-hybridized carbons (Fsp3) is 0.190. The maximum atomic E-state index is 13.0. The summed E-state index contributed by atoms with van der Waals surface area (Å²) in [5, 5.41) is 5.37. The molecule has 0 unspecified atom stereocenters. The predicted octanol–water partition coefficient (Wildman–Crippen LogP) is 4.08. The van der Waals surface area contributed by atoms with Gasteiger partial charge in [-0.3, -0.25) is 14.5 Å². The number of carbonyl (C=O) groups is 2. The van der Waals surface area contributed by atoms with E-state index < -0.39 is 0 Å². The van der Waals surface area contributed by atoms with Crippen LogP contribution in [0, 0.1) is 6.92 Å². The lowest BCUT2D eigenvalue weighted by molar-refractivity contribution is -0.120. The van der Waals surface area contributed by atoms with Gasteiger partial charge in [0, 0.05) is 17.5 Å². The number of rotatable bonds is 5. The molecule has 0 spiro atoms. The molecule has 2 heterocycles. The Kier molecular flexibility index (Phi) is 5.08. The zero-order valence-electron chi connectivity index (χ0n) is 15.3. The van der Waals surface area contributed by atoms with Crippen molar-refractivity contribution in [3.05, 3.63) is 65.2 Å². The zero-order chi connectivity index (χ0) is 19.5. The van der Waals surface area contributed by atoms with Gasteiger partial charge in [-0.2, -0.15) is 0 Å². The van der Waals surface area contributed by atoms with Gasteiger partial charge in [-0.05, 0) is 49.2 Å². The fourth-order valence-corrected chi connectivity index (χ4v) is 3.88. The van der Waals surface area contributed by atoms with E-state index in [1.54, 1.807) is 11.0 Å². The van der Waals surface area contributed by atoms with Gasteiger partial charge in [-0.15, -0.1) is 11.3 Å². The molecule has 0 radical (unpaired) electrons. The summed E-state index contributed by atoms with van der Waals surface area (Å²) >= 11 is 1.42. The van der Waals surface area contributed by atoms with Gasteiger partial charge in [-0.1, -0.05) is 18.2 Å². The van der Waals surface area contributed by atoms with Crippen molar-refractivity contribution in [2.75, 3.05) is 16.8 Å². The van der Waals surface area contributed by atoms with Gasteiger partial charge in [0.05, 0.1) is 11.4 Å². The van der Waals surface area contributed by atoms with Crippen molar-refractivity contribution >= 4 is 39.7 Å². The number of nitrogens with zero attached hydrogens (tertiary/aromatic N) is 2. The molecular formula is C21H19N3O3S. The molecule has 3 aromatic rings. The highest BCUT2D eigenvalue weighted by atomic mass is 32.1. The van der Waals surface area contributed by atoms with Crippen molar-refractivity contribution in [3.63, 3.8) is 0 Å². The van der Waals surface area contributed by atoms with E-state index >= 15 is 0 Å². The first-order valence-corrected chi connectivity index (χ1v) is 9.84. The minimum Gasteiger partial charge on any atom is -0.484 e. The van der Waals surface area contributed by atoms with E-state index in [-0.39, 0.29) is 18.4 Å². The van der Waals surface area contributed by atoms with Crippen LogP contribution < -0.4 is 15.0 Å². The number of carbonyl (C=O) groups excluding carboxylic acids is 2. The summed E-state index contributed by atoms with van der Waals surface area (Å²) in [5.41, 5.74) is 3.43. The van der Waals surface area contributed by atoms with Gasteiger partial charge in [0.15, 0.2) is 11.7 Å². The summed E-state index contributed by atoms with van der Waals surface area (Å²) < 4.78 is 5.76. The molecule has 2 aromatic carbocycles. The second kappa shape index (κ2) is 7.82. The number of para-hydroxylation sites is 1. The number of nitrogens with one attached hydrogen (secondary N) is 1. The fourth-order valence-electron chi connectivity index (χ4n) is 3.04. The van der Waals surface area contributed by atoms with E-state index in [1.165, 1.54) is 11.3 Å². The molecule has 28 heavy (non-hydrogen) atoms. The molecule has 1 aromatic heterocycles. The lowest BCUT2D eigenvalue weighted by Crippen LogP contribution is -2.31. The van der Waals surface area contributed by atoms with Crippen LogP contribution in [0.5, 0.6) is 5.75 Å². The van der Waals surface area contributed by atoms with Crippen LogP contribution in [-0.2, 0) is 16.0 Å². The van der Waals surface area contributed by atoms with Crippen LogP contribution in [0.2, 0.25) is 0 Å². The molecule has 0 aliphatic carbocycles. The molecule has 2 amide bonds. The van der Waals surface area contributed by atoms with Gasteiger partial charge < -0.3 is 10.1 Å². The standard InChI is InChI=1S/C21H19N3O3S/c1-14-13-28-21(22-14)24(16-5-3-2-4-6-16)20(26)12-27-17-8-9-18-15(11-17)7-10-19(25)23-18/h2-6,8-9,11,13H,7,10,12H2,1H3,(H,23,25). The van der Waals surface area contributed by atoms with E-state index in [0.717, 1.165) is 22.6 Å². The highest BCUT2D eigenvalue weighted by molar-refractivity contribution is 7.14. The van der Waals surface area contributed by atoms with Gasteiger partial charge in [0.25, 0.3) is 5.91 Å². The average Bonchev–Trinajstić information content (AvgIpc) is 3.13. The first-order valence-electron chi connectivity index (χ1n) is 8.96. The first-order chi connectivity index (χ1) is 13.6. The summed E-state index contributed by atoms with van der Waals surface area (Å²) in [6.45, 7) is 1.79. The number of thiazole rings is 1. The number of aryl methyl sites for hydroxylation is 2. The highest BCUT2D eigenvalue weighted by Crippen LogP contribution is 2.30. The second-order valence-corrected chi connectivity index (χ2v) is 7.33. The van der Waals surface area contributed by atoms with Crippen molar-refractivity contribution in [2.45, 2.75) is 19.8 Å². The molecule has 142 valence electrons. The van der Waals surface area contributed by atoms with Crippen molar-refractivity contribution in [1.82, 2.24) is 4.98 Å². The number of amides is 2. The smallest absolute Gasteiger partial charge is 0.271 e. The molecule has 0 saturated heterocycles. The number of aromatic nitrogens is 1. The number of hydrogen-bond acceptors (Lipinski definition) is 5. The maximum absolute atomic E-state index is 13.0. The molecule has 0 fully saturated rings. The topological polar surface area (TPSA) is 71.5 Å².